The molecule has 1 aromatic rings. The molecule has 2 unspecified atom stereocenters. The third kappa shape index (κ3) is 1.66. The molecule has 1 aromatic carbocycles. The van der Waals surface area contributed by atoms with Crippen LogP contribution in [0.25, 0.3) is 0 Å². The number of rotatable bonds is 3. The van der Waals surface area contributed by atoms with Gasteiger partial charge in [0.15, 0.2) is 11.5 Å². The molecule has 16 heavy (non-hydrogen) atoms. The molecule has 2 atom stereocenters. The van der Waals surface area contributed by atoms with E-state index in [1.165, 1.54) is 17.5 Å². The quantitative estimate of drug-likeness (QED) is 0.777. The summed E-state index contributed by atoms with van der Waals surface area (Å²) in [6, 6.07) is 4.30. The van der Waals surface area contributed by atoms with Gasteiger partial charge in [0.05, 0.1) is 14.2 Å². The maximum atomic E-state index is 5.36. The van der Waals surface area contributed by atoms with Gasteiger partial charge in [-0.3, -0.25) is 0 Å². The first kappa shape index (κ1) is 11.3. The zero-order valence-corrected chi connectivity index (χ0v) is 10.5. The van der Waals surface area contributed by atoms with Gasteiger partial charge in [-0.1, -0.05) is 13.8 Å². The van der Waals surface area contributed by atoms with Gasteiger partial charge in [0.2, 0.25) is 0 Å². The van der Waals surface area contributed by atoms with E-state index in [-0.39, 0.29) is 0 Å². The minimum absolute atomic E-state index is 0.676. The van der Waals surface area contributed by atoms with E-state index in [0.717, 1.165) is 23.8 Å². The Kier molecular flexibility index (Phi) is 3.08. The van der Waals surface area contributed by atoms with Crippen LogP contribution in [0.2, 0.25) is 0 Å². The molecule has 0 aliphatic heterocycles. The largest absolute Gasteiger partial charge is 0.493 e. The first-order chi connectivity index (χ1) is 7.71. The highest BCUT2D eigenvalue weighted by atomic mass is 16.5. The molecule has 0 saturated carbocycles. The van der Waals surface area contributed by atoms with Crippen LogP contribution in [-0.4, -0.2) is 14.2 Å². The van der Waals surface area contributed by atoms with Gasteiger partial charge in [-0.25, -0.2) is 0 Å². The van der Waals surface area contributed by atoms with Gasteiger partial charge in [0.25, 0.3) is 0 Å². The molecular weight excluding hydrogens is 200 g/mol. The minimum atomic E-state index is 0.676. The highest BCUT2D eigenvalue weighted by molar-refractivity contribution is 5.50. The fourth-order valence-electron chi connectivity index (χ4n) is 2.88. The molecule has 2 heteroatoms. The van der Waals surface area contributed by atoms with E-state index in [0.29, 0.717) is 5.92 Å². The standard InChI is InChI=1S/C14H20O2/c1-5-11-9(2)6-10-7-13(15-3)14(16-4)8-12(10)11/h7-9,11H,5-6H2,1-4H3. The van der Waals surface area contributed by atoms with Crippen molar-refractivity contribution >= 4 is 0 Å². The second-order valence-corrected chi connectivity index (χ2v) is 4.60. The first-order valence-corrected chi connectivity index (χ1v) is 5.96. The van der Waals surface area contributed by atoms with Gasteiger partial charge in [0, 0.05) is 0 Å². The summed E-state index contributed by atoms with van der Waals surface area (Å²) in [6.45, 7) is 4.58. The third-order valence-corrected chi connectivity index (χ3v) is 3.71. The average Bonchev–Trinajstić information content (AvgIpc) is 2.61. The van der Waals surface area contributed by atoms with Crippen molar-refractivity contribution < 1.29 is 9.47 Å². The van der Waals surface area contributed by atoms with Crippen molar-refractivity contribution in [2.75, 3.05) is 14.2 Å². The number of methoxy groups -OCH3 is 2. The highest BCUT2D eigenvalue weighted by Crippen LogP contribution is 2.44. The van der Waals surface area contributed by atoms with Crippen molar-refractivity contribution in [2.24, 2.45) is 5.92 Å². The summed E-state index contributed by atoms with van der Waals surface area (Å²) in [5.41, 5.74) is 2.88. The molecule has 0 spiro atoms. The molecule has 0 N–H and O–H groups in total. The van der Waals surface area contributed by atoms with Crippen molar-refractivity contribution in [3.05, 3.63) is 23.3 Å². The van der Waals surface area contributed by atoms with Crippen LogP contribution in [0.1, 0.15) is 37.3 Å². The Morgan fingerprint density at radius 2 is 1.81 bits per heavy atom. The highest BCUT2D eigenvalue weighted by Gasteiger charge is 2.29. The van der Waals surface area contributed by atoms with Crippen LogP contribution in [0.4, 0.5) is 0 Å². The lowest BCUT2D eigenvalue weighted by atomic mass is 9.92. The summed E-state index contributed by atoms with van der Waals surface area (Å²) in [5.74, 6) is 3.12. The van der Waals surface area contributed by atoms with E-state index in [1.54, 1.807) is 14.2 Å². The molecule has 2 rings (SSSR count). The monoisotopic (exact) mass is 220 g/mol. The Morgan fingerprint density at radius 1 is 1.19 bits per heavy atom. The lowest BCUT2D eigenvalue weighted by Gasteiger charge is -2.15. The van der Waals surface area contributed by atoms with Crippen molar-refractivity contribution in [1.29, 1.82) is 0 Å². The van der Waals surface area contributed by atoms with E-state index in [2.05, 4.69) is 26.0 Å². The molecule has 0 aromatic heterocycles. The average molecular weight is 220 g/mol. The van der Waals surface area contributed by atoms with E-state index in [9.17, 15) is 0 Å². The molecule has 0 saturated heterocycles. The van der Waals surface area contributed by atoms with Crippen LogP contribution < -0.4 is 9.47 Å². The molecule has 88 valence electrons. The summed E-state index contributed by atoms with van der Waals surface area (Å²) in [4.78, 5) is 0. The Hall–Kier alpha value is -1.18. The molecule has 0 radical (unpaired) electrons. The number of fused-ring (bicyclic) bond motifs is 1. The Labute approximate surface area is 97.6 Å². The SMILES string of the molecule is CCC1c2cc(OC)c(OC)cc2CC1C. The van der Waals surface area contributed by atoms with Crippen molar-refractivity contribution in [1.82, 2.24) is 0 Å². The summed E-state index contributed by atoms with van der Waals surface area (Å²) < 4.78 is 10.7. The van der Waals surface area contributed by atoms with Gasteiger partial charge >= 0.3 is 0 Å². The topological polar surface area (TPSA) is 18.5 Å². The predicted molar refractivity (Wildman–Crippen MR) is 65.4 cm³/mol. The van der Waals surface area contributed by atoms with Crippen LogP contribution in [0, 0.1) is 5.92 Å². The van der Waals surface area contributed by atoms with E-state index in [4.69, 9.17) is 9.47 Å². The minimum Gasteiger partial charge on any atom is -0.493 e. The van der Waals surface area contributed by atoms with Gasteiger partial charge < -0.3 is 9.47 Å². The second-order valence-electron chi connectivity index (χ2n) is 4.60. The van der Waals surface area contributed by atoms with Crippen molar-refractivity contribution in [3.8, 4) is 11.5 Å². The van der Waals surface area contributed by atoms with E-state index >= 15 is 0 Å². The van der Waals surface area contributed by atoms with Crippen molar-refractivity contribution in [3.63, 3.8) is 0 Å². The molecule has 0 amide bonds. The Morgan fingerprint density at radius 3 is 2.38 bits per heavy atom. The maximum absolute atomic E-state index is 5.36. The van der Waals surface area contributed by atoms with Crippen molar-refractivity contribution in [2.45, 2.75) is 32.6 Å². The predicted octanol–water partition coefficient (Wildman–Crippen LogP) is 3.39. The first-order valence-electron chi connectivity index (χ1n) is 5.96. The summed E-state index contributed by atoms with van der Waals surface area (Å²) in [5, 5.41) is 0. The molecule has 1 aliphatic rings. The zero-order valence-electron chi connectivity index (χ0n) is 10.5. The second kappa shape index (κ2) is 4.36. The molecule has 1 aliphatic carbocycles. The van der Waals surface area contributed by atoms with E-state index < -0.39 is 0 Å². The normalized spacial score (nSPS) is 23.0. The molecule has 0 bridgehead atoms. The lowest BCUT2D eigenvalue weighted by Crippen LogP contribution is -2.01. The molecular formula is C14H20O2. The number of hydrogen-bond donors (Lipinski definition) is 0. The Balaban J connectivity index is 2.47. The van der Waals surface area contributed by atoms with Gasteiger partial charge in [-0.15, -0.1) is 0 Å². The van der Waals surface area contributed by atoms with E-state index in [1.807, 2.05) is 0 Å². The van der Waals surface area contributed by atoms with Crippen LogP contribution in [0.5, 0.6) is 11.5 Å². The van der Waals surface area contributed by atoms with Crippen LogP contribution in [-0.2, 0) is 6.42 Å². The number of benzene rings is 1. The van der Waals surface area contributed by atoms with Gasteiger partial charge in [-0.05, 0) is 47.9 Å². The molecule has 0 fully saturated rings. The summed E-state index contributed by atoms with van der Waals surface area (Å²) >= 11 is 0. The number of hydrogen-bond acceptors (Lipinski definition) is 2. The van der Waals surface area contributed by atoms with Gasteiger partial charge in [-0.2, -0.15) is 0 Å². The Bertz CT molecular complexity index is 385. The van der Waals surface area contributed by atoms with Gasteiger partial charge in [0.1, 0.15) is 0 Å². The molecule has 0 heterocycles. The van der Waals surface area contributed by atoms with Crippen LogP contribution >= 0.6 is 0 Å². The maximum Gasteiger partial charge on any atom is 0.161 e. The fraction of sp³-hybridized carbons (Fsp3) is 0.571. The smallest absolute Gasteiger partial charge is 0.161 e. The summed E-state index contributed by atoms with van der Waals surface area (Å²) in [7, 11) is 3.39. The third-order valence-electron chi connectivity index (χ3n) is 3.71. The zero-order chi connectivity index (χ0) is 11.7. The molecule has 2 nitrogen and oxygen atoms in total. The van der Waals surface area contributed by atoms with Crippen LogP contribution in [0.3, 0.4) is 0 Å². The fourth-order valence-corrected chi connectivity index (χ4v) is 2.88. The summed E-state index contributed by atoms with van der Waals surface area (Å²) in [6.07, 6.45) is 2.36. The lowest BCUT2D eigenvalue weighted by molar-refractivity contribution is 0.354. The number of ether oxygens (including phenoxy) is 2. The van der Waals surface area contributed by atoms with Crippen LogP contribution in [0.15, 0.2) is 12.1 Å².